The summed E-state index contributed by atoms with van der Waals surface area (Å²) in [4.78, 5) is 5.86. The Balaban J connectivity index is 1.97. The molecule has 0 spiro atoms. The number of aliphatic imine (C=N–C) groups is 1. The van der Waals surface area contributed by atoms with E-state index in [9.17, 15) is 0 Å². The van der Waals surface area contributed by atoms with Gasteiger partial charge in [-0.15, -0.1) is 11.3 Å². The number of fused-ring (bicyclic) bond motifs is 1. The maximum atomic E-state index is 5.98. The molecule has 1 aliphatic rings. The van der Waals surface area contributed by atoms with Crippen LogP contribution in [0.25, 0.3) is 0 Å². The zero-order chi connectivity index (χ0) is 11.0. The minimum Gasteiger partial charge on any atom is -0.398 e. The fourth-order valence-corrected chi connectivity index (χ4v) is 2.86. The maximum absolute atomic E-state index is 5.98. The third-order valence-corrected chi connectivity index (χ3v) is 3.81. The number of benzene rings is 1. The summed E-state index contributed by atoms with van der Waals surface area (Å²) in [6.07, 6.45) is 2.93. The van der Waals surface area contributed by atoms with Crippen molar-refractivity contribution in [2.24, 2.45) is 4.99 Å². The Morgan fingerprint density at radius 2 is 2.12 bits per heavy atom. The van der Waals surface area contributed by atoms with Gasteiger partial charge in [0.2, 0.25) is 0 Å². The van der Waals surface area contributed by atoms with E-state index in [1.54, 1.807) is 11.3 Å². The van der Waals surface area contributed by atoms with Crippen molar-refractivity contribution in [3.63, 3.8) is 0 Å². The number of thiophene rings is 1. The highest BCUT2D eigenvalue weighted by Gasteiger charge is 2.18. The van der Waals surface area contributed by atoms with Crippen molar-refractivity contribution in [3.05, 3.63) is 51.7 Å². The lowest BCUT2D eigenvalue weighted by atomic mass is 9.97. The molecule has 0 amide bonds. The maximum Gasteiger partial charge on any atom is 0.0810 e. The van der Waals surface area contributed by atoms with E-state index in [0.29, 0.717) is 0 Å². The van der Waals surface area contributed by atoms with E-state index in [2.05, 4.69) is 22.5 Å². The highest BCUT2D eigenvalue weighted by molar-refractivity contribution is 7.11. The quantitative estimate of drug-likeness (QED) is 0.748. The Morgan fingerprint density at radius 1 is 1.25 bits per heavy atom. The first-order valence-electron chi connectivity index (χ1n) is 5.28. The molecule has 2 heterocycles. The zero-order valence-corrected chi connectivity index (χ0v) is 9.58. The molecule has 2 nitrogen and oxygen atoms in total. The van der Waals surface area contributed by atoms with Crippen LogP contribution in [0.5, 0.6) is 0 Å². The molecular weight excluding hydrogens is 216 g/mol. The first-order chi connectivity index (χ1) is 7.84. The molecule has 3 rings (SSSR count). The first-order valence-corrected chi connectivity index (χ1v) is 6.16. The summed E-state index contributed by atoms with van der Waals surface area (Å²) in [7, 11) is 0. The number of nitrogens with zero attached hydrogens (tertiary/aromatic N) is 1. The Labute approximate surface area is 98.5 Å². The van der Waals surface area contributed by atoms with Crippen molar-refractivity contribution in [3.8, 4) is 0 Å². The van der Waals surface area contributed by atoms with Crippen LogP contribution < -0.4 is 5.73 Å². The molecule has 16 heavy (non-hydrogen) atoms. The van der Waals surface area contributed by atoms with Gasteiger partial charge >= 0.3 is 0 Å². The van der Waals surface area contributed by atoms with Crippen LogP contribution in [0.3, 0.4) is 0 Å². The van der Waals surface area contributed by atoms with E-state index in [1.807, 2.05) is 24.4 Å². The molecule has 1 atom stereocenters. The van der Waals surface area contributed by atoms with Crippen LogP contribution in [-0.4, -0.2) is 6.21 Å². The van der Waals surface area contributed by atoms with Gasteiger partial charge in [0.15, 0.2) is 0 Å². The van der Waals surface area contributed by atoms with E-state index >= 15 is 0 Å². The van der Waals surface area contributed by atoms with E-state index < -0.39 is 0 Å². The summed E-state index contributed by atoms with van der Waals surface area (Å²) < 4.78 is 0. The Morgan fingerprint density at radius 3 is 3.00 bits per heavy atom. The largest absolute Gasteiger partial charge is 0.398 e. The van der Waals surface area contributed by atoms with E-state index in [-0.39, 0.29) is 6.04 Å². The zero-order valence-electron chi connectivity index (χ0n) is 8.76. The van der Waals surface area contributed by atoms with Gasteiger partial charge in [-0.2, -0.15) is 0 Å². The van der Waals surface area contributed by atoms with Gasteiger partial charge in [-0.3, -0.25) is 4.99 Å². The van der Waals surface area contributed by atoms with Gasteiger partial charge in [-0.05, 0) is 28.6 Å². The second-order valence-electron chi connectivity index (χ2n) is 3.94. The monoisotopic (exact) mass is 228 g/mol. The molecule has 1 unspecified atom stereocenters. The summed E-state index contributed by atoms with van der Waals surface area (Å²) >= 11 is 1.75. The van der Waals surface area contributed by atoms with Gasteiger partial charge in [0.25, 0.3) is 0 Å². The van der Waals surface area contributed by atoms with Crippen molar-refractivity contribution in [2.45, 2.75) is 12.5 Å². The molecule has 0 aliphatic carbocycles. The SMILES string of the molecule is Nc1ccccc1C1Cc2ccsc2C=N1. The molecule has 0 fully saturated rings. The predicted molar refractivity (Wildman–Crippen MR) is 69.2 cm³/mol. The van der Waals surface area contributed by atoms with Crippen LogP contribution >= 0.6 is 11.3 Å². The average molecular weight is 228 g/mol. The van der Waals surface area contributed by atoms with Gasteiger partial charge in [-0.1, -0.05) is 18.2 Å². The molecule has 80 valence electrons. The summed E-state index contributed by atoms with van der Waals surface area (Å²) in [5, 5.41) is 2.12. The van der Waals surface area contributed by atoms with Gasteiger partial charge in [-0.25, -0.2) is 0 Å². The predicted octanol–water partition coefficient (Wildman–Crippen LogP) is 3.05. The van der Waals surface area contributed by atoms with Crippen LogP contribution in [0.2, 0.25) is 0 Å². The minimum absolute atomic E-state index is 0.184. The second kappa shape index (κ2) is 3.76. The summed E-state index contributed by atoms with van der Waals surface area (Å²) in [6.45, 7) is 0. The normalized spacial score (nSPS) is 18.4. The highest BCUT2D eigenvalue weighted by atomic mass is 32.1. The number of nitrogens with two attached hydrogens (primary N) is 1. The van der Waals surface area contributed by atoms with Gasteiger partial charge < -0.3 is 5.73 Å². The van der Waals surface area contributed by atoms with Crippen LogP contribution in [-0.2, 0) is 6.42 Å². The molecule has 0 saturated heterocycles. The number of para-hydroxylation sites is 1. The highest BCUT2D eigenvalue weighted by Crippen LogP contribution is 2.32. The van der Waals surface area contributed by atoms with Crippen LogP contribution in [0.15, 0.2) is 40.7 Å². The molecule has 1 aromatic carbocycles. The average Bonchev–Trinajstić information content (AvgIpc) is 2.76. The third kappa shape index (κ3) is 1.53. The molecular formula is C13H12N2S. The van der Waals surface area contributed by atoms with E-state index in [0.717, 1.165) is 17.7 Å². The van der Waals surface area contributed by atoms with Gasteiger partial charge in [0.1, 0.15) is 0 Å². The Kier molecular flexibility index (Phi) is 2.26. The fraction of sp³-hybridized carbons (Fsp3) is 0.154. The third-order valence-electron chi connectivity index (χ3n) is 2.92. The van der Waals surface area contributed by atoms with Gasteiger partial charge in [0, 0.05) is 23.2 Å². The lowest BCUT2D eigenvalue weighted by Crippen LogP contribution is -2.08. The fourth-order valence-electron chi connectivity index (χ4n) is 2.05. The smallest absolute Gasteiger partial charge is 0.0810 e. The molecule has 1 aromatic heterocycles. The lowest BCUT2D eigenvalue weighted by Gasteiger charge is -2.18. The number of anilines is 1. The molecule has 2 N–H and O–H groups in total. The van der Waals surface area contributed by atoms with Crippen LogP contribution in [0.4, 0.5) is 5.69 Å². The van der Waals surface area contributed by atoms with Crippen molar-refractivity contribution in [2.75, 3.05) is 5.73 Å². The Bertz CT molecular complexity index is 542. The van der Waals surface area contributed by atoms with E-state index in [1.165, 1.54) is 10.4 Å². The van der Waals surface area contributed by atoms with Crippen molar-refractivity contribution in [1.82, 2.24) is 0 Å². The molecule has 0 saturated carbocycles. The summed E-state index contributed by atoms with van der Waals surface area (Å²) in [5.41, 5.74) is 9.33. The van der Waals surface area contributed by atoms with Crippen molar-refractivity contribution < 1.29 is 0 Å². The minimum atomic E-state index is 0.184. The first kappa shape index (κ1) is 9.60. The number of hydrogen-bond acceptors (Lipinski definition) is 3. The number of rotatable bonds is 1. The number of hydrogen-bond donors (Lipinski definition) is 1. The second-order valence-corrected chi connectivity index (χ2v) is 4.88. The molecule has 0 bridgehead atoms. The lowest BCUT2D eigenvalue weighted by molar-refractivity contribution is 0.722. The van der Waals surface area contributed by atoms with E-state index in [4.69, 9.17) is 5.73 Å². The number of nitrogen functional groups attached to an aromatic ring is 1. The van der Waals surface area contributed by atoms with Crippen molar-refractivity contribution >= 4 is 23.2 Å². The van der Waals surface area contributed by atoms with Gasteiger partial charge in [0.05, 0.1) is 6.04 Å². The topological polar surface area (TPSA) is 38.4 Å². The summed E-state index contributed by atoms with van der Waals surface area (Å²) in [5.74, 6) is 0. The molecule has 0 radical (unpaired) electrons. The van der Waals surface area contributed by atoms with Crippen molar-refractivity contribution in [1.29, 1.82) is 0 Å². The molecule has 2 aromatic rings. The molecule has 3 heteroatoms. The van der Waals surface area contributed by atoms with Crippen LogP contribution in [0.1, 0.15) is 22.0 Å². The summed E-state index contributed by atoms with van der Waals surface area (Å²) in [6, 6.07) is 10.3. The Hall–Kier alpha value is -1.61. The van der Waals surface area contributed by atoms with Crippen LogP contribution in [0, 0.1) is 0 Å². The molecule has 1 aliphatic heterocycles. The standard InChI is InChI=1S/C13H12N2S/c14-11-4-2-1-3-10(11)12-7-9-5-6-16-13(9)8-15-12/h1-6,8,12H,7,14H2.